The second kappa shape index (κ2) is 4.75. The van der Waals surface area contributed by atoms with Crippen LogP contribution in [0.3, 0.4) is 0 Å². The third kappa shape index (κ3) is 2.66. The van der Waals surface area contributed by atoms with Gasteiger partial charge in [0, 0.05) is 19.7 Å². The molecule has 7 heteroatoms. The number of aromatic nitrogens is 2. The van der Waals surface area contributed by atoms with Gasteiger partial charge < -0.3 is 5.11 Å². The smallest absolute Gasteiger partial charge is 0.153 e. The summed E-state index contributed by atoms with van der Waals surface area (Å²) < 4.78 is 25.2. The zero-order valence-electron chi connectivity index (χ0n) is 11.4. The third-order valence-corrected chi connectivity index (χ3v) is 6.13. The fourth-order valence-electron chi connectivity index (χ4n) is 3.00. The molecule has 0 amide bonds. The minimum Gasteiger partial charge on any atom is -0.388 e. The molecule has 0 radical (unpaired) electrons. The molecule has 2 rings (SSSR count). The van der Waals surface area contributed by atoms with E-state index < -0.39 is 20.7 Å². The summed E-state index contributed by atoms with van der Waals surface area (Å²) in [7, 11) is -1.52. The summed E-state index contributed by atoms with van der Waals surface area (Å²) in [6.07, 6.45) is 3.10. The van der Waals surface area contributed by atoms with Gasteiger partial charge in [-0.3, -0.25) is 4.68 Å². The van der Waals surface area contributed by atoms with Gasteiger partial charge in [-0.1, -0.05) is 11.6 Å². The van der Waals surface area contributed by atoms with Crippen LogP contribution in [0, 0.1) is 6.92 Å². The van der Waals surface area contributed by atoms with E-state index in [1.165, 1.54) is 6.26 Å². The average molecular weight is 307 g/mol. The highest BCUT2D eigenvalue weighted by atomic mass is 35.5. The first-order chi connectivity index (χ1) is 8.65. The SMILES string of the molecule is Cc1nn(C)c(CC2(O)CCCC2S(C)(=O)=O)c1Cl. The highest BCUT2D eigenvalue weighted by Gasteiger charge is 2.47. The van der Waals surface area contributed by atoms with Crippen LogP contribution in [0.2, 0.25) is 5.02 Å². The second-order valence-corrected chi connectivity index (χ2v) is 8.07. The fraction of sp³-hybridized carbons (Fsp3) is 0.750. The molecule has 1 fully saturated rings. The third-order valence-electron chi connectivity index (χ3n) is 3.93. The number of nitrogens with zero attached hydrogens (tertiary/aromatic N) is 2. The largest absolute Gasteiger partial charge is 0.388 e. The second-order valence-electron chi connectivity index (χ2n) is 5.46. The van der Waals surface area contributed by atoms with Crippen LogP contribution >= 0.6 is 11.6 Å². The minimum atomic E-state index is -3.27. The first-order valence-corrected chi connectivity index (χ1v) is 8.57. The van der Waals surface area contributed by atoms with Crippen LogP contribution in [0.5, 0.6) is 0 Å². The van der Waals surface area contributed by atoms with Gasteiger partial charge in [-0.25, -0.2) is 8.42 Å². The van der Waals surface area contributed by atoms with E-state index in [2.05, 4.69) is 5.10 Å². The lowest BCUT2D eigenvalue weighted by Crippen LogP contribution is -2.44. The highest BCUT2D eigenvalue weighted by molar-refractivity contribution is 7.91. The van der Waals surface area contributed by atoms with Gasteiger partial charge in [0.2, 0.25) is 0 Å². The molecule has 1 aromatic rings. The molecule has 1 aliphatic rings. The van der Waals surface area contributed by atoms with E-state index in [4.69, 9.17) is 11.6 Å². The maximum atomic E-state index is 11.8. The fourth-order valence-corrected chi connectivity index (χ4v) is 4.82. The molecule has 1 heterocycles. The predicted octanol–water partition coefficient (Wildman–Crippen LogP) is 1.25. The van der Waals surface area contributed by atoms with Gasteiger partial charge in [-0.2, -0.15) is 5.10 Å². The van der Waals surface area contributed by atoms with Crippen LogP contribution in [0.1, 0.15) is 30.7 Å². The number of rotatable bonds is 3. The summed E-state index contributed by atoms with van der Waals surface area (Å²) in [6, 6.07) is 0. The molecule has 1 aliphatic carbocycles. The standard InChI is InChI=1S/C12H19ClN2O3S/c1-8-11(13)9(15(2)14-8)7-12(16)6-4-5-10(12)19(3,17)18/h10,16H,4-7H2,1-3H3. The molecule has 5 nitrogen and oxygen atoms in total. The summed E-state index contributed by atoms with van der Waals surface area (Å²) in [4.78, 5) is 0. The number of hydrogen-bond acceptors (Lipinski definition) is 4. The van der Waals surface area contributed by atoms with Gasteiger partial charge in [0.1, 0.15) is 0 Å². The molecule has 0 aromatic carbocycles. The number of hydrogen-bond donors (Lipinski definition) is 1. The predicted molar refractivity (Wildman–Crippen MR) is 74.1 cm³/mol. The lowest BCUT2D eigenvalue weighted by Gasteiger charge is -2.29. The van der Waals surface area contributed by atoms with Gasteiger partial charge in [-0.05, 0) is 26.2 Å². The Morgan fingerprint density at radius 2 is 2.21 bits per heavy atom. The van der Waals surface area contributed by atoms with Gasteiger partial charge in [0.05, 0.1) is 27.3 Å². The van der Waals surface area contributed by atoms with Gasteiger partial charge >= 0.3 is 0 Å². The molecular formula is C12H19ClN2O3S. The normalized spacial score (nSPS) is 27.9. The summed E-state index contributed by atoms with van der Waals surface area (Å²) in [5.41, 5.74) is 0.145. The van der Waals surface area contributed by atoms with E-state index in [9.17, 15) is 13.5 Å². The summed E-state index contributed by atoms with van der Waals surface area (Å²) in [5.74, 6) is 0. The zero-order valence-corrected chi connectivity index (χ0v) is 12.9. The van der Waals surface area contributed by atoms with E-state index in [0.29, 0.717) is 35.7 Å². The number of sulfone groups is 1. The minimum absolute atomic E-state index is 0.223. The van der Waals surface area contributed by atoms with Crippen molar-refractivity contribution in [2.75, 3.05) is 6.26 Å². The Hall–Kier alpha value is -0.590. The monoisotopic (exact) mass is 306 g/mol. The first-order valence-electron chi connectivity index (χ1n) is 6.24. The first kappa shape index (κ1) is 14.8. The van der Waals surface area contributed by atoms with Crippen molar-refractivity contribution in [2.24, 2.45) is 7.05 Å². The van der Waals surface area contributed by atoms with Crippen molar-refractivity contribution in [1.29, 1.82) is 0 Å². The molecule has 1 N–H and O–H groups in total. The Kier molecular flexibility index (Phi) is 3.70. The van der Waals surface area contributed by atoms with Crippen LogP contribution in [-0.4, -0.2) is 40.4 Å². The van der Waals surface area contributed by atoms with Crippen LogP contribution in [0.4, 0.5) is 0 Å². The lowest BCUT2D eigenvalue weighted by atomic mass is 9.95. The Morgan fingerprint density at radius 3 is 2.68 bits per heavy atom. The summed E-state index contributed by atoms with van der Waals surface area (Å²) in [5, 5.41) is 14.7. The quantitative estimate of drug-likeness (QED) is 0.912. The molecule has 19 heavy (non-hydrogen) atoms. The molecule has 2 atom stereocenters. The van der Waals surface area contributed by atoms with Crippen LogP contribution in [-0.2, 0) is 23.3 Å². The number of halogens is 1. The van der Waals surface area contributed by atoms with Crippen molar-refractivity contribution in [3.05, 3.63) is 16.4 Å². The highest BCUT2D eigenvalue weighted by Crippen LogP contribution is 2.38. The van der Waals surface area contributed by atoms with E-state index in [1.54, 1.807) is 18.7 Å². The lowest BCUT2D eigenvalue weighted by molar-refractivity contribution is 0.0494. The Bertz CT molecular complexity index is 596. The molecular weight excluding hydrogens is 288 g/mol. The van der Waals surface area contributed by atoms with E-state index in [1.807, 2.05) is 0 Å². The van der Waals surface area contributed by atoms with Gasteiger partial charge in [-0.15, -0.1) is 0 Å². The van der Waals surface area contributed by atoms with Gasteiger partial charge in [0.25, 0.3) is 0 Å². The van der Waals surface area contributed by atoms with Crippen LogP contribution in [0.15, 0.2) is 0 Å². The molecule has 0 spiro atoms. The molecule has 108 valence electrons. The molecule has 1 saturated carbocycles. The number of aryl methyl sites for hydroxylation is 2. The van der Waals surface area contributed by atoms with Crippen molar-refractivity contribution < 1.29 is 13.5 Å². The summed E-state index contributed by atoms with van der Waals surface area (Å²) in [6.45, 7) is 1.79. The molecule has 0 saturated heterocycles. The van der Waals surface area contributed by atoms with Gasteiger partial charge in [0.15, 0.2) is 9.84 Å². The molecule has 2 unspecified atom stereocenters. The van der Waals surface area contributed by atoms with E-state index in [0.717, 1.165) is 0 Å². The van der Waals surface area contributed by atoms with Crippen molar-refractivity contribution in [2.45, 2.75) is 43.5 Å². The Morgan fingerprint density at radius 1 is 1.58 bits per heavy atom. The maximum Gasteiger partial charge on any atom is 0.153 e. The zero-order chi connectivity index (χ0) is 14.4. The topological polar surface area (TPSA) is 72.2 Å². The molecule has 1 aromatic heterocycles. The van der Waals surface area contributed by atoms with E-state index >= 15 is 0 Å². The number of aliphatic hydroxyl groups is 1. The average Bonchev–Trinajstić information content (AvgIpc) is 2.75. The molecule has 0 aliphatic heterocycles. The Labute approximate surface area is 118 Å². The van der Waals surface area contributed by atoms with Crippen LogP contribution < -0.4 is 0 Å². The van der Waals surface area contributed by atoms with Crippen molar-refractivity contribution >= 4 is 21.4 Å². The maximum absolute atomic E-state index is 11.8. The van der Waals surface area contributed by atoms with Crippen molar-refractivity contribution in [3.8, 4) is 0 Å². The van der Waals surface area contributed by atoms with Crippen LogP contribution in [0.25, 0.3) is 0 Å². The van der Waals surface area contributed by atoms with Crippen molar-refractivity contribution in [1.82, 2.24) is 9.78 Å². The van der Waals surface area contributed by atoms with E-state index in [-0.39, 0.29) is 6.42 Å². The summed E-state index contributed by atoms with van der Waals surface area (Å²) >= 11 is 6.17. The van der Waals surface area contributed by atoms with Crippen molar-refractivity contribution in [3.63, 3.8) is 0 Å². The Balaban J connectivity index is 2.36. The molecule has 0 bridgehead atoms.